The zero-order valence-electron chi connectivity index (χ0n) is 35.1. The molecule has 11 aromatic carbocycles. The van der Waals surface area contributed by atoms with Crippen molar-refractivity contribution in [3.63, 3.8) is 0 Å². The molecule has 0 radical (unpaired) electrons. The average Bonchev–Trinajstić information content (AvgIpc) is 3.81. The average molecular weight is 804 g/mol. The minimum Gasteiger partial charge on any atom is -0.456 e. The Morgan fingerprint density at radius 1 is 0.349 bits per heavy atom. The number of hydrogen-bond donors (Lipinski definition) is 0. The molecule has 0 unspecified atom stereocenters. The maximum Gasteiger partial charge on any atom is 0.137 e. The molecule has 13 rings (SSSR count). The van der Waals surface area contributed by atoms with Crippen LogP contribution in [0, 0.1) is 0 Å². The van der Waals surface area contributed by atoms with Gasteiger partial charge in [0.05, 0.1) is 5.69 Å². The molecule has 0 aliphatic heterocycles. The summed E-state index contributed by atoms with van der Waals surface area (Å²) in [6.45, 7) is 4.77. The molecule has 0 bridgehead atoms. The van der Waals surface area contributed by atoms with Crippen LogP contribution in [0.5, 0.6) is 0 Å². The van der Waals surface area contributed by atoms with E-state index >= 15 is 0 Å². The van der Waals surface area contributed by atoms with Crippen molar-refractivity contribution < 1.29 is 4.42 Å². The highest BCUT2D eigenvalue weighted by Gasteiger charge is 2.37. The van der Waals surface area contributed by atoms with Crippen molar-refractivity contribution in [3.8, 4) is 33.4 Å². The van der Waals surface area contributed by atoms with Crippen LogP contribution in [-0.4, -0.2) is 0 Å². The lowest BCUT2D eigenvalue weighted by Crippen LogP contribution is -2.17. The summed E-state index contributed by atoms with van der Waals surface area (Å²) in [6, 6.07) is 78.3. The van der Waals surface area contributed by atoms with Gasteiger partial charge in [0, 0.05) is 39.2 Å². The summed E-state index contributed by atoms with van der Waals surface area (Å²) in [6.07, 6.45) is 0. The Hall–Kier alpha value is -7.94. The predicted molar refractivity (Wildman–Crippen MR) is 267 cm³/mol. The van der Waals surface area contributed by atoms with Gasteiger partial charge in [-0.1, -0.05) is 159 Å². The van der Waals surface area contributed by atoms with Gasteiger partial charge in [0.25, 0.3) is 0 Å². The predicted octanol–water partition coefficient (Wildman–Crippen LogP) is 17.3. The fraction of sp³-hybridized carbons (Fsp3) is 0.0492. The van der Waals surface area contributed by atoms with Gasteiger partial charge < -0.3 is 9.32 Å². The Balaban J connectivity index is 1.12. The van der Waals surface area contributed by atoms with E-state index in [0.717, 1.165) is 39.0 Å². The summed E-state index contributed by atoms with van der Waals surface area (Å²) in [5.41, 5.74) is 14.8. The summed E-state index contributed by atoms with van der Waals surface area (Å²) >= 11 is 0. The lowest BCUT2D eigenvalue weighted by Gasteiger charge is -2.31. The topological polar surface area (TPSA) is 16.4 Å². The molecule has 0 saturated carbocycles. The van der Waals surface area contributed by atoms with Crippen LogP contribution in [0.15, 0.2) is 217 Å². The van der Waals surface area contributed by atoms with E-state index in [0.29, 0.717) is 0 Å². The third-order valence-corrected chi connectivity index (χ3v) is 13.8. The van der Waals surface area contributed by atoms with E-state index in [1.165, 1.54) is 87.6 Å². The smallest absolute Gasteiger partial charge is 0.137 e. The van der Waals surface area contributed by atoms with Gasteiger partial charge in [-0.15, -0.1) is 0 Å². The number of furan rings is 1. The van der Waals surface area contributed by atoms with Gasteiger partial charge in [-0.05, 0) is 143 Å². The van der Waals surface area contributed by atoms with Crippen LogP contribution in [0.25, 0.3) is 98.4 Å². The zero-order chi connectivity index (χ0) is 41.8. The van der Waals surface area contributed by atoms with E-state index in [1.807, 2.05) is 6.07 Å². The molecule has 1 aliphatic carbocycles. The summed E-state index contributed by atoms with van der Waals surface area (Å²) in [5.74, 6) is 0. The fourth-order valence-electron chi connectivity index (χ4n) is 10.7. The third kappa shape index (κ3) is 5.44. The first-order chi connectivity index (χ1) is 31.0. The Morgan fingerprint density at radius 3 is 1.78 bits per heavy atom. The van der Waals surface area contributed by atoms with Crippen molar-refractivity contribution >= 4 is 82.1 Å². The molecular formula is C61H41NO. The third-order valence-electron chi connectivity index (χ3n) is 13.8. The van der Waals surface area contributed by atoms with Crippen molar-refractivity contribution in [2.24, 2.45) is 0 Å². The Kier molecular flexibility index (Phi) is 7.68. The molecule has 0 N–H and O–H groups in total. The summed E-state index contributed by atoms with van der Waals surface area (Å²) in [7, 11) is 0. The molecule has 0 atom stereocenters. The molecule has 1 heterocycles. The summed E-state index contributed by atoms with van der Waals surface area (Å²) in [4.78, 5) is 2.48. The maximum atomic E-state index is 6.63. The molecule has 2 nitrogen and oxygen atoms in total. The molecule has 0 fully saturated rings. The number of hydrogen-bond acceptors (Lipinski definition) is 2. The van der Waals surface area contributed by atoms with Crippen LogP contribution in [0.4, 0.5) is 17.1 Å². The van der Waals surface area contributed by atoms with E-state index < -0.39 is 0 Å². The first-order valence-electron chi connectivity index (χ1n) is 21.9. The van der Waals surface area contributed by atoms with Crippen LogP contribution >= 0.6 is 0 Å². The SMILES string of the molecule is CC1(C)c2cc(N(c3ccc4c(c3)oc3ccccc34)c3cccc(-c4ccc5ccccc5c4)c3-c3cc4ccccc4c4ccccc34)ccc2-c2cc3ccccc3cc21. The van der Waals surface area contributed by atoms with E-state index in [4.69, 9.17) is 4.42 Å². The van der Waals surface area contributed by atoms with Crippen LogP contribution in [0.1, 0.15) is 25.0 Å². The number of para-hydroxylation sites is 1. The minimum absolute atomic E-state index is 0.219. The van der Waals surface area contributed by atoms with Gasteiger partial charge in [-0.3, -0.25) is 0 Å². The number of nitrogens with zero attached hydrogens (tertiary/aromatic N) is 1. The highest BCUT2D eigenvalue weighted by atomic mass is 16.3. The molecule has 1 aliphatic rings. The zero-order valence-corrected chi connectivity index (χ0v) is 35.1. The molecule has 2 heteroatoms. The number of benzene rings is 11. The van der Waals surface area contributed by atoms with Gasteiger partial charge in [-0.25, -0.2) is 0 Å². The van der Waals surface area contributed by atoms with Crippen LogP contribution in [0.3, 0.4) is 0 Å². The van der Waals surface area contributed by atoms with Gasteiger partial charge in [0.2, 0.25) is 0 Å². The number of fused-ring (bicyclic) bond motifs is 11. The minimum atomic E-state index is -0.219. The number of anilines is 3. The van der Waals surface area contributed by atoms with Crippen molar-refractivity contribution in [1.29, 1.82) is 0 Å². The molecule has 12 aromatic rings. The summed E-state index contributed by atoms with van der Waals surface area (Å²) < 4.78 is 6.63. The first-order valence-corrected chi connectivity index (χ1v) is 21.9. The van der Waals surface area contributed by atoms with E-state index in [1.54, 1.807) is 0 Å². The molecule has 1 aromatic heterocycles. The molecule has 0 saturated heterocycles. The highest BCUT2D eigenvalue weighted by molar-refractivity contribution is 6.17. The van der Waals surface area contributed by atoms with Gasteiger partial charge >= 0.3 is 0 Å². The second-order valence-corrected chi connectivity index (χ2v) is 17.7. The first kappa shape index (κ1) is 35.8. The van der Waals surface area contributed by atoms with Gasteiger partial charge in [-0.2, -0.15) is 0 Å². The Morgan fingerprint density at radius 2 is 0.952 bits per heavy atom. The molecule has 0 amide bonds. The van der Waals surface area contributed by atoms with Crippen molar-refractivity contribution in [3.05, 3.63) is 223 Å². The van der Waals surface area contributed by atoms with E-state index in [9.17, 15) is 0 Å². The normalized spacial score (nSPS) is 13.0. The van der Waals surface area contributed by atoms with Gasteiger partial charge in [0.15, 0.2) is 0 Å². The van der Waals surface area contributed by atoms with E-state index in [-0.39, 0.29) is 5.41 Å². The Labute approximate surface area is 365 Å². The summed E-state index contributed by atoms with van der Waals surface area (Å²) in [5, 5.41) is 12.1. The van der Waals surface area contributed by atoms with Crippen molar-refractivity contribution in [2.45, 2.75) is 19.3 Å². The highest BCUT2D eigenvalue weighted by Crippen LogP contribution is 2.54. The van der Waals surface area contributed by atoms with Crippen molar-refractivity contribution in [2.75, 3.05) is 4.90 Å². The molecule has 63 heavy (non-hydrogen) atoms. The molecule has 0 spiro atoms. The van der Waals surface area contributed by atoms with E-state index in [2.05, 4.69) is 225 Å². The van der Waals surface area contributed by atoms with Crippen LogP contribution < -0.4 is 4.90 Å². The van der Waals surface area contributed by atoms with Crippen molar-refractivity contribution in [1.82, 2.24) is 0 Å². The fourth-order valence-corrected chi connectivity index (χ4v) is 10.7. The monoisotopic (exact) mass is 803 g/mol. The van der Waals surface area contributed by atoms with Crippen LogP contribution in [0.2, 0.25) is 0 Å². The van der Waals surface area contributed by atoms with Gasteiger partial charge in [0.1, 0.15) is 11.2 Å². The lowest BCUT2D eigenvalue weighted by atomic mass is 9.81. The Bertz CT molecular complexity index is 3850. The number of rotatable bonds is 5. The molecular weight excluding hydrogens is 763 g/mol. The molecule has 296 valence electrons. The largest absolute Gasteiger partial charge is 0.456 e. The maximum absolute atomic E-state index is 6.63. The second kappa shape index (κ2) is 13.5. The van der Waals surface area contributed by atoms with Crippen LogP contribution in [-0.2, 0) is 5.41 Å². The standard InChI is InChI=1S/C61H41NO/c1-61(2)55-35-41-17-6-5-16-40(41)33-53(55)50-30-28-44(36-56(50)61)62(45-29-31-52-51-22-11-12-25-58(51)63-59(52)37-45)57-24-13-23-47(43-27-26-38-14-3-4-15-39(38)32-43)60(57)54-34-42-18-7-8-19-46(42)48-20-9-10-21-49(48)54/h3-37H,1-2H3. The quantitative estimate of drug-likeness (QED) is 0.161. The second-order valence-electron chi connectivity index (χ2n) is 17.7. The lowest BCUT2D eigenvalue weighted by molar-refractivity contribution is 0.661.